The molecule has 0 fully saturated rings. The molecule has 0 unspecified atom stereocenters. The van der Waals surface area contributed by atoms with Crippen molar-refractivity contribution in [2.75, 3.05) is 24.3 Å². The number of methoxy groups -OCH3 is 1. The number of rotatable bonds is 5. The number of carbonyl (C=O) groups excluding carboxylic acids is 1. The molecule has 0 saturated heterocycles. The van der Waals surface area contributed by atoms with Crippen molar-refractivity contribution in [2.45, 2.75) is 6.18 Å². The van der Waals surface area contributed by atoms with Crippen LogP contribution in [-0.2, 0) is 11.0 Å². The van der Waals surface area contributed by atoms with Gasteiger partial charge < -0.3 is 15.4 Å². The maximum absolute atomic E-state index is 12.8. The fourth-order valence-electron chi connectivity index (χ4n) is 2.01. The first-order chi connectivity index (χ1) is 11.7. The van der Waals surface area contributed by atoms with Gasteiger partial charge in [-0.05, 0) is 36.4 Å². The van der Waals surface area contributed by atoms with Gasteiger partial charge in [0.15, 0.2) is 0 Å². The van der Waals surface area contributed by atoms with E-state index in [4.69, 9.17) is 27.9 Å². The quantitative estimate of drug-likeness (QED) is 0.746. The third-order valence-corrected chi connectivity index (χ3v) is 3.73. The van der Waals surface area contributed by atoms with E-state index in [1.165, 1.54) is 19.2 Å². The van der Waals surface area contributed by atoms with E-state index >= 15 is 0 Å². The van der Waals surface area contributed by atoms with E-state index in [2.05, 4.69) is 10.6 Å². The summed E-state index contributed by atoms with van der Waals surface area (Å²) in [5.74, 6) is -0.0762. The van der Waals surface area contributed by atoms with Gasteiger partial charge in [0, 0.05) is 10.7 Å². The van der Waals surface area contributed by atoms with Crippen LogP contribution in [0.4, 0.5) is 24.5 Å². The lowest BCUT2D eigenvalue weighted by molar-refractivity contribution is -0.137. The lowest BCUT2D eigenvalue weighted by atomic mass is 10.2. The molecule has 25 heavy (non-hydrogen) atoms. The Bertz CT molecular complexity index is 782. The Labute approximate surface area is 151 Å². The molecule has 9 heteroatoms. The smallest absolute Gasteiger partial charge is 0.417 e. The summed E-state index contributed by atoms with van der Waals surface area (Å²) >= 11 is 11.4. The third kappa shape index (κ3) is 5.17. The summed E-state index contributed by atoms with van der Waals surface area (Å²) in [6.45, 7) is -0.255. The lowest BCUT2D eigenvalue weighted by Gasteiger charge is -2.13. The molecule has 0 atom stereocenters. The number of hydrogen-bond acceptors (Lipinski definition) is 3. The van der Waals surface area contributed by atoms with E-state index in [1.807, 2.05) is 0 Å². The molecular formula is C16H13Cl2F3N2O2. The van der Waals surface area contributed by atoms with E-state index in [1.54, 1.807) is 12.1 Å². The molecule has 0 spiro atoms. The van der Waals surface area contributed by atoms with Crippen LogP contribution >= 0.6 is 23.2 Å². The molecule has 2 aromatic rings. The van der Waals surface area contributed by atoms with Crippen LogP contribution in [-0.4, -0.2) is 19.6 Å². The van der Waals surface area contributed by atoms with Crippen LogP contribution in [0.15, 0.2) is 36.4 Å². The van der Waals surface area contributed by atoms with Crippen molar-refractivity contribution in [3.8, 4) is 5.75 Å². The summed E-state index contributed by atoms with van der Waals surface area (Å²) in [6.07, 6.45) is -4.58. The summed E-state index contributed by atoms with van der Waals surface area (Å²) in [5.41, 5.74) is -0.505. The zero-order valence-corrected chi connectivity index (χ0v) is 14.4. The van der Waals surface area contributed by atoms with E-state index in [0.717, 1.165) is 12.1 Å². The number of carbonyl (C=O) groups is 1. The molecular weight excluding hydrogens is 380 g/mol. The number of nitrogens with one attached hydrogen (secondary N) is 2. The van der Waals surface area contributed by atoms with Gasteiger partial charge in [0.1, 0.15) is 5.75 Å². The monoisotopic (exact) mass is 392 g/mol. The maximum atomic E-state index is 12.8. The highest BCUT2D eigenvalue weighted by Gasteiger charge is 2.33. The minimum atomic E-state index is -4.58. The highest BCUT2D eigenvalue weighted by atomic mass is 35.5. The molecule has 1 amide bonds. The SMILES string of the molecule is COc1ccc(Cl)cc1NC(=O)CNc1ccc(Cl)c(C(F)(F)F)c1. The van der Waals surface area contributed by atoms with Gasteiger partial charge in [-0.2, -0.15) is 13.2 Å². The molecule has 0 saturated carbocycles. The van der Waals surface area contributed by atoms with Gasteiger partial charge in [-0.3, -0.25) is 4.79 Å². The summed E-state index contributed by atoms with van der Waals surface area (Å²) in [5, 5.41) is 5.17. The summed E-state index contributed by atoms with van der Waals surface area (Å²) < 4.78 is 43.6. The van der Waals surface area contributed by atoms with Crippen LogP contribution in [0.5, 0.6) is 5.75 Å². The van der Waals surface area contributed by atoms with Crippen molar-refractivity contribution in [3.05, 3.63) is 52.0 Å². The minimum absolute atomic E-state index is 0.116. The van der Waals surface area contributed by atoms with Crippen LogP contribution in [0.3, 0.4) is 0 Å². The van der Waals surface area contributed by atoms with Crippen molar-refractivity contribution in [1.82, 2.24) is 0 Å². The fraction of sp³-hybridized carbons (Fsp3) is 0.188. The molecule has 2 rings (SSSR count). The van der Waals surface area contributed by atoms with Crippen LogP contribution in [0.25, 0.3) is 0 Å². The normalized spacial score (nSPS) is 11.1. The summed E-state index contributed by atoms with van der Waals surface area (Å²) in [6, 6.07) is 7.99. The fourth-order valence-corrected chi connectivity index (χ4v) is 2.40. The van der Waals surface area contributed by atoms with Crippen molar-refractivity contribution in [1.29, 1.82) is 0 Å². The van der Waals surface area contributed by atoms with Gasteiger partial charge in [0.2, 0.25) is 5.91 Å². The second-order valence-corrected chi connectivity index (χ2v) is 5.78. The number of hydrogen-bond donors (Lipinski definition) is 2. The zero-order valence-electron chi connectivity index (χ0n) is 12.9. The van der Waals surface area contributed by atoms with Crippen molar-refractivity contribution in [2.24, 2.45) is 0 Å². The molecule has 134 valence electrons. The largest absolute Gasteiger partial charge is 0.495 e. The van der Waals surface area contributed by atoms with Crippen molar-refractivity contribution < 1.29 is 22.7 Å². The second kappa shape index (κ2) is 7.84. The Morgan fingerprint density at radius 3 is 2.52 bits per heavy atom. The minimum Gasteiger partial charge on any atom is -0.495 e. The average molecular weight is 393 g/mol. The standard InChI is InChI=1S/C16H13Cl2F3N2O2/c1-25-14-5-2-9(17)6-13(14)23-15(24)8-22-10-3-4-12(18)11(7-10)16(19,20)21/h2-7,22H,8H2,1H3,(H,23,24). The molecule has 4 nitrogen and oxygen atoms in total. The number of amides is 1. The van der Waals surface area contributed by atoms with Crippen LogP contribution in [0, 0.1) is 0 Å². The van der Waals surface area contributed by atoms with Crippen LogP contribution < -0.4 is 15.4 Å². The first kappa shape index (κ1) is 19.2. The van der Waals surface area contributed by atoms with Gasteiger partial charge in [0.25, 0.3) is 0 Å². The predicted octanol–water partition coefficient (Wildman–Crippen LogP) is 5.07. The Hall–Kier alpha value is -2.12. The lowest BCUT2D eigenvalue weighted by Crippen LogP contribution is -2.22. The Balaban J connectivity index is 2.05. The molecule has 2 N–H and O–H groups in total. The van der Waals surface area contributed by atoms with E-state index in [0.29, 0.717) is 16.5 Å². The predicted molar refractivity (Wildman–Crippen MR) is 91.6 cm³/mol. The van der Waals surface area contributed by atoms with E-state index in [-0.39, 0.29) is 12.2 Å². The van der Waals surface area contributed by atoms with Gasteiger partial charge in [-0.15, -0.1) is 0 Å². The highest BCUT2D eigenvalue weighted by Crippen LogP contribution is 2.36. The van der Waals surface area contributed by atoms with Crippen molar-refractivity contribution >= 4 is 40.5 Å². The Kier molecular flexibility index (Phi) is 6.02. The van der Waals surface area contributed by atoms with Gasteiger partial charge in [-0.25, -0.2) is 0 Å². The topological polar surface area (TPSA) is 50.4 Å². The van der Waals surface area contributed by atoms with Gasteiger partial charge >= 0.3 is 6.18 Å². The number of halogens is 5. The molecule has 2 aromatic carbocycles. The molecule has 0 bridgehead atoms. The number of ether oxygens (including phenoxy) is 1. The zero-order chi connectivity index (χ0) is 18.6. The van der Waals surface area contributed by atoms with E-state index < -0.39 is 22.7 Å². The molecule has 0 radical (unpaired) electrons. The number of alkyl halides is 3. The molecule has 0 aliphatic heterocycles. The van der Waals surface area contributed by atoms with Crippen LogP contribution in [0.2, 0.25) is 10.0 Å². The van der Waals surface area contributed by atoms with E-state index in [9.17, 15) is 18.0 Å². The average Bonchev–Trinajstić information content (AvgIpc) is 2.53. The van der Waals surface area contributed by atoms with Crippen LogP contribution in [0.1, 0.15) is 5.56 Å². The third-order valence-electron chi connectivity index (χ3n) is 3.16. The summed E-state index contributed by atoms with van der Waals surface area (Å²) in [7, 11) is 1.43. The van der Waals surface area contributed by atoms with Gasteiger partial charge in [0.05, 0.1) is 29.9 Å². The number of anilines is 2. The van der Waals surface area contributed by atoms with Gasteiger partial charge in [-0.1, -0.05) is 23.2 Å². The Morgan fingerprint density at radius 2 is 1.88 bits per heavy atom. The molecule has 0 aliphatic rings. The highest BCUT2D eigenvalue weighted by molar-refractivity contribution is 6.31. The first-order valence-corrected chi connectivity index (χ1v) is 7.70. The number of benzene rings is 2. The first-order valence-electron chi connectivity index (χ1n) is 6.94. The summed E-state index contributed by atoms with van der Waals surface area (Å²) in [4.78, 5) is 12.0. The Morgan fingerprint density at radius 1 is 1.16 bits per heavy atom. The maximum Gasteiger partial charge on any atom is 0.417 e. The molecule has 0 heterocycles. The second-order valence-electron chi connectivity index (χ2n) is 4.94. The molecule has 0 aliphatic carbocycles. The van der Waals surface area contributed by atoms with Crippen molar-refractivity contribution in [3.63, 3.8) is 0 Å². The molecule has 0 aromatic heterocycles.